The number of halogens is 2. The second-order valence-corrected chi connectivity index (χ2v) is 3.73. The van der Waals surface area contributed by atoms with Crippen molar-refractivity contribution in [2.24, 2.45) is 11.8 Å². The van der Waals surface area contributed by atoms with E-state index in [2.05, 4.69) is 17.3 Å². The van der Waals surface area contributed by atoms with Crippen molar-refractivity contribution in [3.05, 3.63) is 0 Å². The summed E-state index contributed by atoms with van der Waals surface area (Å²) in [6, 6.07) is 0. The number of hydrogen-bond acceptors (Lipinski definition) is 2. The van der Waals surface area contributed by atoms with E-state index in [-0.39, 0.29) is 24.8 Å². The van der Waals surface area contributed by atoms with Crippen molar-refractivity contribution < 1.29 is 0 Å². The molecular formula is C8H18Cl2N2. The van der Waals surface area contributed by atoms with Gasteiger partial charge in [-0.15, -0.1) is 24.8 Å². The van der Waals surface area contributed by atoms with Crippen LogP contribution < -0.4 is 5.32 Å². The first-order valence-electron chi connectivity index (χ1n) is 4.25. The van der Waals surface area contributed by atoms with Crippen LogP contribution in [-0.4, -0.2) is 38.1 Å². The molecule has 0 saturated carbocycles. The van der Waals surface area contributed by atoms with Crippen LogP contribution >= 0.6 is 24.8 Å². The van der Waals surface area contributed by atoms with E-state index in [1.807, 2.05) is 0 Å². The van der Waals surface area contributed by atoms with Crippen LogP contribution in [0.4, 0.5) is 0 Å². The summed E-state index contributed by atoms with van der Waals surface area (Å²) < 4.78 is 0. The van der Waals surface area contributed by atoms with Crippen LogP contribution in [0.25, 0.3) is 0 Å². The number of nitrogens with zero attached hydrogens (tertiary/aromatic N) is 1. The molecule has 0 bridgehead atoms. The first-order chi connectivity index (χ1) is 4.86. The fourth-order valence-electron chi connectivity index (χ4n) is 2.31. The third kappa shape index (κ3) is 2.49. The van der Waals surface area contributed by atoms with Gasteiger partial charge >= 0.3 is 0 Å². The molecule has 2 fully saturated rings. The van der Waals surface area contributed by atoms with E-state index >= 15 is 0 Å². The van der Waals surface area contributed by atoms with Crippen molar-refractivity contribution in [3.8, 4) is 0 Å². The Morgan fingerprint density at radius 1 is 1.17 bits per heavy atom. The summed E-state index contributed by atoms with van der Waals surface area (Å²) >= 11 is 0. The first kappa shape index (κ1) is 12.5. The molecule has 2 aliphatic rings. The molecule has 4 heteroatoms. The van der Waals surface area contributed by atoms with Crippen LogP contribution in [0.5, 0.6) is 0 Å². The Kier molecular flexibility index (Phi) is 5.50. The van der Waals surface area contributed by atoms with Gasteiger partial charge in [0.1, 0.15) is 0 Å². The highest BCUT2D eigenvalue weighted by Crippen LogP contribution is 2.26. The van der Waals surface area contributed by atoms with Gasteiger partial charge in [0.15, 0.2) is 0 Å². The van der Waals surface area contributed by atoms with Crippen molar-refractivity contribution in [1.82, 2.24) is 10.2 Å². The van der Waals surface area contributed by atoms with Crippen molar-refractivity contribution in [2.75, 3.05) is 33.2 Å². The smallest absolute Gasteiger partial charge is 0.00220 e. The van der Waals surface area contributed by atoms with E-state index in [9.17, 15) is 0 Å². The molecule has 2 aliphatic heterocycles. The fourth-order valence-corrected chi connectivity index (χ4v) is 2.31. The molecule has 0 aromatic heterocycles. The second kappa shape index (κ2) is 5.28. The molecule has 0 radical (unpaired) electrons. The van der Waals surface area contributed by atoms with Gasteiger partial charge in [0.25, 0.3) is 0 Å². The lowest BCUT2D eigenvalue weighted by Gasteiger charge is -2.24. The fraction of sp³-hybridized carbons (Fsp3) is 1.00. The molecule has 2 nitrogen and oxygen atoms in total. The minimum atomic E-state index is 0. The third-order valence-electron chi connectivity index (χ3n) is 2.86. The van der Waals surface area contributed by atoms with Gasteiger partial charge in [0.05, 0.1) is 0 Å². The Bertz CT molecular complexity index is 118. The predicted molar refractivity (Wildman–Crippen MR) is 56.5 cm³/mol. The maximum atomic E-state index is 3.45. The van der Waals surface area contributed by atoms with Crippen LogP contribution in [0.2, 0.25) is 0 Å². The zero-order valence-electron chi connectivity index (χ0n) is 7.45. The highest BCUT2D eigenvalue weighted by Gasteiger charge is 2.31. The number of nitrogens with one attached hydrogen (secondary N) is 1. The summed E-state index contributed by atoms with van der Waals surface area (Å²) in [6.07, 6.45) is 1.40. The van der Waals surface area contributed by atoms with Gasteiger partial charge in [0.2, 0.25) is 0 Å². The molecule has 2 atom stereocenters. The van der Waals surface area contributed by atoms with Crippen molar-refractivity contribution in [3.63, 3.8) is 0 Å². The average molecular weight is 213 g/mol. The molecular weight excluding hydrogens is 195 g/mol. The Balaban J connectivity index is 0.000000605. The Labute approximate surface area is 86.9 Å². The minimum absolute atomic E-state index is 0. The number of hydrogen-bond donors (Lipinski definition) is 1. The Hall–Kier alpha value is 0.500. The number of fused-ring (bicyclic) bond motifs is 1. The van der Waals surface area contributed by atoms with E-state index in [1.165, 1.54) is 32.6 Å². The maximum Gasteiger partial charge on any atom is 0.00220 e. The third-order valence-corrected chi connectivity index (χ3v) is 2.86. The van der Waals surface area contributed by atoms with E-state index in [0.717, 1.165) is 11.8 Å². The standard InChI is InChI=1S/C8H16N2.2ClH/c1-10-5-7-2-3-9-4-8(7)6-10;;/h7-9H,2-6H2,1H3;2*1H. The summed E-state index contributed by atoms with van der Waals surface area (Å²) in [5.74, 6) is 1.96. The monoisotopic (exact) mass is 212 g/mol. The number of piperidine rings is 1. The average Bonchev–Trinajstić information content (AvgIpc) is 2.27. The molecule has 2 unspecified atom stereocenters. The molecule has 0 aromatic rings. The van der Waals surface area contributed by atoms with E-state index in [0.29, 0.717) is 0 Å². The van der Waals surface area contributed by atoms with Crippen LogP contribution in [-0.2, 0) is 0 Å². The van der Waals surface area contributed by atoms with Gasteiger partial charge in [-0.3, -0.25) is 0 Å². The highest BCUT2D eigenvalue weighted by molar-refractivity contribution is 5.85. The van der Waals surface area contributed by atoms with Crippen LogP contribution in [0, 0.1) is 11.8 Å². The van der Waals surface area contributed by atoms with Gasteiger partial charge in [0, 0.05) is 13.1 Å². The van der Waals surface area contributed by atoms with Gasteiger partial charge in [-0.2, -0.15) is 0 Å². The normalized spacial score (nSPS) is 34.8. The molecule has 0 spiro atoms. The number of likely N-dealkylation sites (tertiary alicyclic amines) is 1. The minimum Gasteiger partial charge on any atom is -0.316 e. The Morgan fingerprint density at radius 3 is 2.50 bits per heavy atom. The zero-order valence-corrected chi connectivity index (χ0v) is 9.09. The van der Waals surface area contributed by atoms with Crippen LogP contribution in [0.15, 0.2) is 0 Å². The molecule has 2 heterocycles. The predicted octanol–water partition coefficient (Wildman–Crippen LogP) is 1.00. The lowest BCUT2D eigenvalue weighted by Crippen LogP contribution is -2.35. The second-order valence-electron chi connectivity index (χ2n) is 3.73. The summed E-state index contributed by atoms with van der Waals surface area (Å²) in [5.41, 5.74) is 0. The first-order valence-corrected chi connectivity index (χ1v) is 4.25. The SMILES string of the molecule is CN1CC2CCNCC2C1.Cl.Cl. The molecule has 12 heavy (non-hydrogen) atoms. The summed E-state index contributed by atoms with van der Waals surface area (Å²) in [7, 11) is 2.23. The number of rotatable bonds is 0. The van der Waals surface area contributed by atoms with E-state index in [1.54, 1.807) is 0 Å². The highest BCUT2D eigenvalue weighted by atomic mass is 35.5. The van der Waals surface area contributed by atoms with Crippen molar-refractivity contribution in [1.29, 1.82) is 0 Å². The summed E-state index contributed by atoms with van der Waals surface area (Å²) in [5, 5.41) is 3.45. The summed E-state index contributed by atoms with van der Waals surface area (Å²) in [6.45, 7) is 5.16. The van der Waals surface area contributed by atoms with Gasteiger partial charge in [-0.1, -0.05) is 0 Å². The zero-order chi connectivity index (χ0) is 6.97. The topological polar surface area (TPSA) is 15.3 Å². The largest absolute Gasteiger partial charge is 0.316 e. The van der Waals surface area contributed by atoms with Crippen molar-refractivity contribution >= 4 is 24.8 Å². The maximum absolute atomic E-state index is 3.45. The molecule has 74 valence electrons. The molecule has 0 aromatic carbocycles. The van der Waals surface area contributed by atoms with Crippen molar-refractivity contribution in [2.45, 2.75) is 6.42 Å². The summed E-state index contributed by atoms with van der Waals surface area (Å²) in [4.78, 5) is 2.46. The van der Waals surface area contributed by atoms with Gasteiger partial charge < -0.3 is 10.2 Å². The van der Waals surface area contributed by atoms with Crippen LogP contribution in [0.3, 0.4) is 0 Å². The molecule has 0 aliphatic carbocycles. The van der Waals surface area contributed by atoms with E-state index < -0.39 is 0 Å². The van der Waals surface area contributed by atoms with E-state index in [4.69, 9.17) is 0 Å². The van der Waals surface area contributed by atoms with Gasteiger partial charge in [-0.05, 0) is 38.4 Å². The molecule has 1 N–H and O–H groups in total. The lowest BCUT2D eigenvalue weighted by atomic mass is 9.90. The quantitative estimate of drug-likeness (QED) is 0.645. The molecule has 0 amide bonds. The molecule has 2 rings (SSSR count). The Morgan fingerprint density at radius 2 is 1.83 bits per heavy atom. The van der Waals surface area contributed by atoms with Crippen LogP contribution in [0.1, 0.15) is 6.42 Å². The van der Waals surface area contributed by atoms with Gasteiger partial charge in [-0.25, -0.2) is 0 Å². The molecule has 2 saturated heterocycles. The lowest BCUT2D eigenvalue weighted by molar-refractivity contribution is 0.318.